The minimum atomic E-state index is -2.66. The second-order valence-corrected chi connectivity index (χ2v) is 6.42. The van der Waals surface area contributed by atoms with Gasteiger partial charge in [0.05, 0.1) is 7.11 Å². The molecule has 0 radical (unpaired) electrons. The number of urea groups is 1. The first-order valence-electron chi connectivity index (χ1n) is 8.22. The van der Waals surface area contributed by atoms with E-state index in [9.17, 15) is 18.0 Å². The maximum absolute atomic E-state index is 12.7. The van der Waals surface area contributed by atoms with Crippen molar-refractivity contribution in [1.82, 2.24) is 15.5 Å². The Labute approximate surface area is 153 Å². The highest BCUT2D eigenvalue weighted by Gasteiger charge is 2.30. The molecule has 0 saturated carbocycles. The Morgan fingerprint density at radius 1 is 1.23 bits per heavy atom. The van der Waals surface area contributed by atoms with Gasteiger partial charge in [0.1, 0.15) is 17.5 Å². The van der Waals surface area contributed by atoms with Crippen molar-refractivity contribution in [1.29, 1.82) is 0 Å². The van der Waals surface area contributed by atoms with Gasteiger partial charge in [0, 0.05) is 7.05 Å². The lowest BCUT2D eigenvalue weighted by Gasteiger charge is -2.33. The van der Waals surface area contributed by atoms with Crippen LogP contribution in [0.3, 0.4) is 0 Å². The molecular formula is C16H22N4O5S. The lowest BCUT2D eigenvalue weighted by atomic mass is 10.00. The van der Waals surface area contributed by atoms with Crippen LogP contribution in [-0.2, 0) is 15.3 Å². The molecule has 10 heteroatoms. The zero-order valence-corrected chi connectivity index (χ0v) is 15.5. The van der Waals surface area contributed by atoms with Crippen molar-refractivity contribution in [2.24, 2.45) is 4.36 Å². The van der Waals surface area contributed by atoms with Crippen molar-refractivity contribution in [3.05, 3.63) is 23.8 Å². The number of nitrogens with zero attached hydrogens (tertiary/aromatic N) is 2. The molecular weight excluding hydrogens is 360 g/mol. The highest BCUT2D eigenvalue weighted by molar-refractivity contribution is 7.61. The van der Waals surface area contributed by atoms with Crippen LogP contribution >= 0.6 is 0 Å². The Morgan fingerprint density at radius 2 is 1.92 bits per heavy atom. The van der Waals surface area contributed by atoms with Gasteiger partial charge in [-0.3, -0.25) is 15.0 Å². The summed E-state index contributed by atoms with van der Waals surface area (Å²) >= 11 is 0. The largest absolute Gasteiger partial charge is 0.494 e. The lowest BCUT2D eigenvalue weighted by molar-refractivity contribution is -0.126. The van der Waals surface area contributed by atoms with E-state index >= 15 is 0 Å². The van der Waals surface area contributed by atoms with E-state index in [4.69, 9.17) is 4.74 Å². The number of hydrogen-bond donors (Lipinski definition) is 2. The number of benzene rings is 1. The normalized spacial score (nSPS) is 15.6. The van der Waals surface area contributed by atoms with Crippen LogP contribution in [0.2, 0.25) is 0 Å². The van der Waals surface area contributed by atoms with Crippen LogP contribution < -0.4 is 15.4 Å². The first kappa shape index (κ1) is 19.9. The van der Waals surface area contributed by atoms with Crippen molar-refractivity contribution in [2.75, 3.05) is 27.2 Å². The molecule has 2 rings (SSSR count). The summed E-state index contributed by atoms with van der Waals surface area (Å²) in [6.07, 6.45) is 2.97. The topological polar surface area (TPSA) is 117 Å². The van der Waals surface area contributed by atoms with Gasteiger partial charge in [-0.15, -0.1) is 4.36 Å². The molecule has 2 N–H and O–H groups in total. The standard InChI is InChI=1S/C16H22N4O5S/c1-17-16(22)18-15(21)14(20-8-4-3-5-9-20)11-6-7-13(25-2)12(10-11)19-26(23)24/h6-7,10,14H,3-5,8-9H2,1-2H3,(H2,17,18,21,22). The molecule has 1 heterocycles. The van der Waals surface area contributed by atoms with Gasteiger partial charge in [-0.05, 0) is 43.6 Å². The van der Waals surface area contributed by atoms with Crippen molar-refractivity contribution in [3.8, 4) is 5.75 Å². The Balaban J connectivity index is 2.45. The fraction of sp³-hybridized carbons (Fsp3) is 0.500. The van der Waals surface area contributed by atoms with Gasteiger partial charge in [-0.1, -0.05) is 12.5 Å². The van der Waals surface area contributed by atoms with Gasteiger partial charge >= 0.3 is 16.5 Å². The average Bonchev–Trinajstić information content (AvgIpc) is 2.62. The fourth-order valence-corrected chi connectivity index (χ4v) is 3.28. The van der Waals surface area contributed by atoms with Crippen molar-refractivity contribution in [2.45, 2.75) is 25.3 Å². The maximum atomic E-state index is 12.7. The van der Waals surface area contributed by atoms with E-state index in [2.05, 4.69) is 15.0 Å². The van der Waals surface area contributed by atoms with E-state index < -0.39 is 28.5 Å². The lowest BCUT2D eigenvalue weighted by Crippen LogP contribution is -2.46. The number of amides is 3. The second kappa shape index (κ2) is 9.30. The summed E-state index contributed by atoms with van der Waals surface area (Å²) in [6.45, 7) is 1.41. The number of ether oxygens (including phenoxy) is 1. The monoisotopic (exact) mass is 382 g/mol. The quantitative estimate of drug-likeness (QED) is 0.794. The highest BCUT2D eigenvalue weighted by Crippen LogP contribution is 2.33. The van der Waals surface area contributed by atoms with Gasteiger partial charge in [-0.2, -0.15) is 8.42 Å². The van der Waals surface area contributed by atoms with Crippen LogP contribution in [0.15, 0.2) is 22.6 Å². The number of carbonyl (C=O) groups is 2. The highest BCUT2D eigenvalue weighted by atomic mass is 32.2. The molecule has 1 atom stereocenters. The summed E-state index contributed by atoms with van der Waals surface area (Å²) < 4.78 is 30.6. The zero-order valence-electron chi connectivity index (χ0n) is 14.7. The maximum Gasteiger partial charge on any atom is 0.321 e. The molecule has 1 aliphatic heterocycles. The summed E-state index contributed by atoms with van der Waals surface area (Å²) in [7, 11) is 0.169. The zero-order chi connectivity index (χ0) is 19.1. The van der Waals surface area contributed by atoms with E-state index in [1.54, 1.807) is 12.1 Å². The third-order valence-electron chi connectivity index (χ3n) is 4.16. The van der Waals surface area contributed by atoms with Gasteiger partial charge < -0.3 is 10.1 Å². The average molecular weight is 382 g/mol. The molecule has 0 aliphatic carbocycles. The summed E-state index contributed by atoms with van der Waals surface area (Å²) in [5, 5.41) is 4.65. The van der Waals surface area contributed by atoms with Crippen LogP contribution in [0.5, 0.6) is 5.75 Å². The summed E-state index contributed by atoms with van der Waals surface area (Å²) in [5.74, 6) is -0.201. The van der Waals surface area contributed by atoms with Crippen LogP contribution in [0, 0.1) is 0 Å². The molecule has 0 aromatic heterocycles. The molecule has 9 nitrogen and oxygen atoms in total. The first-order valence-corrected chi connectivity index (χ1v) is 9.25. The minimum absolute atomic E-state index is 0.105. The van der Waals surface area contributed by atoms with Gasteiger partial charge in [0.25, 0.3) is 0 Å². The SMILES string of the molecule is CNC(=O)NC(=O)C(c1ccc(OC)c(N=S(=O)=O)c1)N1CCCCC1. The van der Waals surface area contributed by atoms with Gasteiger partial charge in [-0.25, -0.2) is 4.79 Å². The van der Waals surface area contributed by atoms with Crippen molar-refractivity contribution in [3.63, 3.8) is 0 Å². The fourth-order valence-electron chi connectivity index (χ4n) is 2.98. The Hall–Kier alpha value is -2.46. The van der Waals surface area contributed by atoms with E-state index in [0.29, 0.717) is 18.7 Å². The molecule has 26 heavy (non-hydrogen) atoms. The molecule has 1 aromatic rings. The summed E-state index contributed by atoms with van der Waals surface area (Å²) in [4.78, 5) is 26.2. The van der Waals surface area contributed by atoms with E-state index in [1.165, 1.54) is 20.2 Å². The molecule has 3 amide bonds. The number of piperidine rings is 1. The number of rotatable bonds is 5. The molecule has 1 aromatic carbocycles. The number of carbonyl (C=O) groups excluding carboxylic acids is 2. The molecule has 0 spiro atoms. The Morgan fingerprint density at radius 3 is 2.50 bits per heavy atom. The smallest absolute Gasteiger partial charge is 0.321 e. The minimum Gasteiger partial charge on any atom is -0.494 e. The number of nitrogens with one attached hydrogen (secondary N) is 2. The van der Waals surface area contributed by atoms with E-state index in [-0.39, 0.29) is 11.4 Å². The summed E-state index contributed by atoms with van der Waals surface area (Å²) in [6, 6.07) is 3.40. The molecule has 142 valence electrons. The van der Waals surface area contributed by atoms with E-state index in [0.717, 1.165) is 19.3 Å². The molecule has 1 aliphatic rings. The van der Waals surface area contributed by atoms with Crippen LogP contribution in [0.25, 0.3) is 0 Å². The predicted octanol–water partition coefficient (Wildman–Crippen LogP) is 1.37. The van der Waals surface area contributed by atoms with Crippen molar-refractivity contribution >= 4 is 28.1 Å². The number of hydrogen-bond acceptors (Lipinski definition) is 7. The number of imide groups is 1. The Kier molecular flexibility index (Phi) is 7.10. The molecule has 1 fully saturated rings. The van der Waals surface area contributed by atoms with Crippen LogP contribution in [0.4, 0.5) is 10.5 Å². The third kappa shape index (κ3) is 5.02. The van der Waals surface area contributed by atoms with E-state index in [1.807, 2.05) is 4.90 Å². The molecule has 1 saturated heterocycles. The summed E-state index contributed by atoms with van der Waals surface area (Å²) in [5.41, 5.74) is 0.645. The number of likely N-dealkylation sites (tertiary alicyclic amines) is 1. The molecule has 0 bridgehead atoms. The third-order valence-corrected chi connectivity index (χ3v) is 4.51. The van der Waals surface area contributed by atoms with Crippen LogP contribution in [-0.4, -0.2) is 52.5 Å². The Bertz CT molecular complexity index is 795. The van der Waals surface area contributed by atoms with Gasteiger partial charge in [0.2, 0.25) is 5.91 Å². The molecule has 1 unspecified atom stereocenters. The first-order chi connectivity index (χ1) is 12.5. The van der Waals surface area contributed by atoms with Crippen LogP contribution in [0.1, 0.15) is 30.9 Å². The number of methoxy groups -OCH3 is 1. The van der Waals surface area contributed by atoms with Gasteiger partial charge in [0.15, 0.2) is 0 Å². The predicted molar refractivity (Wildman–Crippen MR) is 94.8 cm³/mol. The second-order valence-electron chi connectivity index (χ2n) is 5.81. The van der Waals surface area contributed by atoms with Crippen molar-refractivity contribution < 1.29 is 22.7 Å².